The number of nitrogens with zero attached hydrogens (tertiary/aromatic N) is 2. The number of carbonyl (C=O) groups excluding carboxylic acids is 1. The van der Waals surface area contributed by atoms with E-state index in [0.29, 0.717) is 12.5 Å². The topological polar surface area (TPSA) is 46.9 Å². The smallest absolute Gasteiger partial charge is 0.233 e. The van der Waals surface area contributed by atoms with E-state index in [1.54, 1.807) is 11.8 Å². The highest BCUT2D eigenvalue weighted by atomic mass is 32.2. The average Bonchev–Trinajstić information content (AvgIpc) is 2.98. The molecular formula is C20H27N3OS. The first-order valence-corrected chi connectivity index (χ1v) is 10.0. The summed E-state index contributed by atoms with van der Waals surface area (Å²) in [6.45, 7) is 6.89. The molecule has 0 aliphatic heterocycles. The molecule has 5 heteroatoms. The van der Waals surface area contributed by atoms with E-state index < -0.39 is 0 Å². The molecule has 0 bridgehead atoms. The molecule has 2 aromatic rings. The third kappa shape index (κ3) is 4.27. The third-order valence-electron chi connectivity index (χ3n) is 4.45. The lowest BCUT2D eigenvalue weighted by atomic mass is 10.0. The minimum Gasteiger partial charge on any atom is -0.355 e. The molecule has 1 heterocycles. The van der Waals surface area contributed by atoms with Crippen LogP contribution < -0.4 is 5.32 Å². The number of hydrogen-bond acceptors (Lipinski definition) is 3. The molecular weight excluding hydrogens is 330 g/mol. The van der Waals surface area contributed by atoms with Gasteiger partial charge in [0.15, 0.2) is 5.16 Å². The van der Waals surface area contributed by atoms with Gasteiger partial charge in [-0.3, -0.25) is 9.36 Å². The van der Waals surface area contributed by atoms with Gasteiger partial charge in [0.25, 0.3) is 0 Å². The van der Waals surface area contributed by atoms with Crippen LogP contribution in [-0.4, -0.2) is 27.3 Å². The Kier molecular flexibility index (Phi) is 5.84. The highest BCUT2D eigenvalue weighted by molar-refractivity contribution is 8.00. The maximum atomic E-state index is 12.4. The van der Waals surface area contributed by atoms with Crippen molar-refractivity contribution in [2.24, 2.45) is 5.92 Å². The monoisotopic (exact) mass is 357 g/mol. The van der Waals surface area contributed by atoms with Crippen LogP contribution in [0.15, 0.2) is 35.5 Å². The summed E-state index contributed by atoms with van der Waals surface area (Å²) < 4.78 is 2.26. The average molecular weight is 358 g/mol. The molecule has 0 radical (unpaired) electrons. The van der Waals surface area contributed by atoms with Crippen LogP contribution in [-0.2, 0) is 17.6 Å². The van der Waals surface area contributed by atoms with Crippen LogP contribution in [0.5, 0.6) is 0 Å². The molecule has 1 aliphatic rings. The van der Waals surface area contributed by atoms with Crippen molar-refractivity contribution in [3.05, 3.63) is 41.7 Å². The van der Waals surface area contributed by atoms with E-state index in [1.807, 2.05) is 13.0 Å². The Morgan fingerprint density at radius 1 is 1.20 bits per heavy atom. The predicted molar refractivity (Wildman–Crippen MR) is 103 cm³/mol. The largest absolute Gasteiger partial charge is 0.355 e. The van der Waals surface area contributed by atoms with Crippen LogP contribution in [0.25, 0.3) is 5.69 Å². The summed E-state index contributed by atoms with van der Waals surface area (Å²) in [4.78, 5) is 17.3. The first kappa shape index (κ1) is 18.1. The summed E-state index contributed by atoms with van der Waals surface area (Å²) >= 11 is 1.56. The van der Waals surface area contributed by atoms with Gasteiger partial charge in [-0.15, -0.1) is 0 Å². The maximum Gasteiger partial charge on any atom is 0.233 e. The summed E-state index contributed by atoms with van der Waals surface area (Å²) in [6, 6.07) is 10.4. The van der Waals surface area contributed by atoms with Crippen molar-refractivity contribution in [3.8, 4) is 5.69 Å². The van der Waals surface area contributed by atoms with Gasteiger partial charge in [0, 0.05) is 17.9 Å². The number of aryl methyl sites for hydroxylation is 1. The predicted octanol–water partition coefficient (Wildman–Crippen LogP) is 4.00. The number of aromatic nitrogens is 2. The molecule has 1 aromatic carbocycles. The van der Waals surface area contributed by atoms with Gasteiger partial charge in [-0.05, 0) is 50.7 Å². The lowest BCUT2D eigenvalue weighted by Gasteiger charge is -2.17. The first-order chi connectivity index (χ1) is 12.1. The van der Waals surface area contributed by atoms with E-state index >= 15 is 0 Å². The van der Waals surface area contributed by atoms with Crippen LogP contribution in [0.3, 0.4) is 0 Å². The van der Waals surface area contributed by atoms with Crippen LogP contribution in [0.2, 0.25) is 0 Å². The van der Waals surface area contributed by atoms with E-state index in [0.717, 1.165) is 23.7 Å². The molecule has 0 spiro atoms. The zero-order chi connectivity index (χ0) is 17.8. The normalized spacial score (nSPS) is 15.0. The number of benzene rings is 1. The van der Waals surface area contributed by atoms with Gasteiger partial charge in [-0.1, -0.05) is 43.8 Å². The number of carbonyl (C=O) groups is 1. The molecule has 1 unspecified atom stereocenters. The molecule has 0 fully saturated rings. The van der Waals surface area contributed by atoms with Crippen molar-refractivity contribution >= 4 is 17.7 Å². The van der Waals surface area contributed by atoms with E-state index in [1.165, 1.54) is 24.2 Å². The van der Waals surface area contributed by atoms with E-state index in [9.17, 15) is 4.79 Å². The molecule has 1 aromatic heterocycles. The van der Waals surface area contributed by atoms with Crippen molar-refractivity contribution in [3.63, 3.8) is 0 Å². The molecule has 1 aliphatic carbocycles. The first-order valence-electron chi connectivity index (χ1n) is 9.16. The number of imidazole rings is 1. The summed E-state index contributed by atoms with van der Waals surface area (Å²) in [5.41, 5.74) is 3.65. The molecule has 4 nitrogen and oxygen atoms in total. The molecule has 1 amide bonds. The molecule has 25 heavy (non-hydrogen) atoms. The van der Waals surface area contributed by atoms with Crippen molar-refractivity contribution in [1.29, 1.82) is 0 Å². The quantitative estimate of drug-likeness (QED) is 0.795. The van der Waals surface area contributed by atoms with Gasteiger partial charge in [-0.25, -0.2) is 4.98 Å². The number of amides is 1. The summed E-state index contributed by atoms with van der Waals surface area (Å²) in [5, 5.41) is 3.80. The van der Waals surface area contributed by atoms with E-state index in [-0.39, 0.29) is 11.2 Å². The number of thioether (sulfide) groups is 1. The van der Waals surface area contributed by atoms with Crippen LogP contribution in [0.4, 0.5) is 0 Å². The molecule has 1 atom stereocenters. The van der Waals surface area contributed by atoms with Crippen molar-refractivity contribution in [2.45, 2.75) is 56.9 Å². The number of fused-ring (bicyclic) bond motifs is 1. The highest BCUT2D eigenvalue weighted by Gasteiger charge is 2.24. The summed E-state index contributed by atoms with van der Waals surface area (Å²) in [6.07, 6.45) is 4.51. The molecule has 134 valence electrons. The zero-order valence-electron chi connectivity index (χ0n) is 15.3. The molecule has 3 rings (SSSR count). The van der Waals surface area contributed by atoms with Crippen LogP contribution in [0.1, 0.15) is 45.0 Å². The summed E-state index contributed by atoms with van der Waals surface area (Å²) in [5.74, 6) is 0.541. The SMILES string of the molecule is CC(C)CNC(=O)C(C)Sc1nc2c(n1-c1ccccc1)CCCC2. The van der Waals surface area contributed by atoms with Gasteiger partial charge in [0.1, 0.15) is 0 Å². The zero-order valence-corrected chi connectivity index (χ0v) is 16.1. The maximum absolute atomic E-state index is 12.4. The number of rotatable bonds is 6. The second-order valence-corrected chi connectivity index (χ2v) is 8.37. The molecule has 1 N–H and O–H groups in total. The fourth-order valence-corrected chi connectivity index (χ4v) is 4.09. The second kappa shape index (κ2) is 8.09. The summed E-state index contributed by atoms with van der Waals surface area (Å²) in [7, 11) is 0. The Morgan fingerprint density at radius 2 is 1.92 bits per heavy atom. The minimum atomic E-state index is -0.162. The van der Waals surface area contributed by atoms with Gasteiger partial charge in [-0.2, -0.15) is 0 Å². The number of para-hydroxylation sites is 1. The van der Waals surface area contributed by atoms with Crippen molar-refractivity contribution in [1.82, 2.24) is 14.9 Å². The molecule has 0 saturated heterocycles. The Hall–Kier alpha value is -1.75. The fourth-order valence-electron chi connectivity index (χ4n) is 3.10. The standard InChI is InChI=1S/C20H27N3OS/c1-14(2)13-21-19(24)15(3)25-20-22-17-11-7-8-12-18(17)23(20)16-9-5-4-6-10-16/h4-6,9-10,14-15H,7-8,11-13H2,1-3H3,(H,21,24). The Morgan fingerprint density at radius 3 is 2.64 bits per heavy atom. The van der Waals surface area contributed by atoms with Crippen molar-refractivity contribution < 1.29 is 4.79 Å². The Bertz CT molecular complexity index is 724. The number of hydrogen-bond donors (Lipinski definition) is 1. The van der Waals surface area contributed by atoms with Crippen LogP contribution in [0, 0.1) is 5.92 Å². The van der Waals surface area contributed by atoms with Crippen molar-refractivity contribution in [2.75, 3.05) is 6.54 Å². The lowest BCUT2D eigenvalue weighted by molar-refractivity contribution is -0.120. The number of nitrogens with one attached hydrogen (secondary N) is 1. The third-order valence-corrected chi connectivity index (χ3v) is 5.50. The van der Waals surface area contributed by atoms with Crippen LogP contribution >= 0.6 is 11.8 Å². The Balaban J connectivity index is 1.86. The van der Waals surface area contributed by atoms with E-state index in [2.05, 4.69) is 48.0 Å². The Labute approximate surface area is 154 Å². The van der Waals surface area contributed by atoms with Gasteiger partial charge >= 0.3 is 0 Å². The van der Waals surface area contributed by atoms with E-state index in [4.69, 9.17) is 4.98 Å². The second-order valence-electron chi connectivity index (χ2n) is 7.06. The van der Waals surface area contributed by atoms with Gasteiger partial charge < -0.3 is 5.32 Å². The van der Waals surface area contributed by atoms with Gasteiger partial charge in [0.2, 0.25) is 5.91 Å². The lowest BCUT2D eigenvalue weighted by Crippen LogP contribution is -2.33. The fraction of sp³-hybridized carbons (Fsp3) is 0.500. The van der Waals surface area contributed by atoms with Gasteiger partial charge in [0.05, 0.1) is 10.9 Å². The highest BCUT2D eigenvalue weighted by Crippen LogP contribution is 2.32. The minimum absolute atomic E-state index is 0.0827. The molecule has 0 saturated carbocycles.